The predicted molar refractivity (Wildman–Crippen MR) is 96.3 cm³/mol. The molecule has 1 rings (SSSR count). The normalized spacial score (nSPS) is 11.8. The molecule has 0 aliphatic heterocycles. The summed E-state index contributed by atoms with van der Waals surface area (Å²) in [6, 6.07) is 3.98. The number of hydrogen-bond donors (Lipinski definition) is 3. The lowest BCUT2D eigenvalue weighted by atomic mass is 10.1. The van der Waals surface area contributed by atoms with Gasteiger partial charge in [0, 0.05) is 23.7 Å². The first-order chi connectivity index (χ1) is 10.5. The van der Waals surface area contributed by atoms with Crippen LogP contribution in [0.1, 0.15) is 38.1 Å². The molecule has 0 saturated heterocycles. The van der Waals surface area contributed by atoms with E-state index in [9.17, 15) is 13.2 Å². The third-order valence-corrected chi connectivity index (χ3v) is 4.75. The van der Waals surface area contributed by atoms with Gasteiger partial charge in [0.25, 0.3) is 5.91 Å². The largest absolute Gasteiger partial charge is 0.495 e. The van der Waals surface area contributed by atoms with Crippen molar-refractivity contribution in [2.45, 2.75) is 44.2 Å². The summed E-state index contributed by atoms with van der Waals surface area (Å²) in [7, 11) is -2.41. The van der Waals surface area contributed by atoms with E-state index in [0.29, 0.717) is 0 Å². The maximum absolute atomic E-state index is 12.4. The van der Waals surface area contributed by atoms with E-state index in [-0.39, 0.29) is 41.2 Å². The SMILES string of the molecule is COc1ccc(C(=O)NC(C)(C)CN)cc1S(=O)(=O)NC(C)C.Cl. The second-order valence-corrected chi connectivity index (χ2v) is 7.87. The fourth-order valence-electron chi connectivity index (χ4n) is 1.83. The summed E-state index contributed by atoms with van der Waals surface area (Å²) in [6.07, 6.45) is 0. The quantitative estimate of drug-likeness (QED) is 0.660. The molecule has 0 atom stereocenters. The number of sulfonamides is 1. The first-order valence-corrected chi connectivity index (χ1v) is 8.73. The number of halogens is 1. The first kappa shape index (κ1) is 22.6. The maximum atomic E-state index is 12.4. The number of hydrogen-bond acceptors (Lipinski definition) is 5. The van der Waals surface area contributed by atoms with Crippen molar-refractivity contribution in [1.82, 2.24) is 10.0 Å². The summed E-state index contributed by atoms with van der Waals surface area (Å²) >= 11 is 0. The zero-order valence-electron chi connectivity index (χ0n) is 14.5. The van der Waals surface area contributed by atoms with Crippen molar-refractivity contribution in [2.75, 3.05) is 13.7 Å². The molecule has 0 aromatic heterocycles. The highest BCUT2D eigenvalue weighted by Gasteiger charge is 2.24. The number of ether oxygens (including phenoxy) is 1. The molecule has 9 heteroatoms. The fourth-order valence-corrected chi connectivity index (χ4v) is 3.28. The number of carbonyl (C=O) groups is 1. The molecule has 0 aliphatic rings. The number of benzene rings is 1. The Balaban J connectivity index is 0.00000529. The molecule has 0 fully saturated rings. The molecule has 138 valence electrons. The van der Waals surface area contributed by atoms with E-state index in [4.69, 9.17) is 10.5 Å². The monoisotopic (exact) mass is 379 g/mol. The molecule has 0 radical (unpaired) electrons. The van der Waals surface area contributed by atoms with Crippen molar-refractivity contribution in [3.05, 3.63) is 23.8 Å². The van der Waals surface area contributed by atoms with Crippen LogP contribution in [-0.2, 0) is 10.0 Å². The van der Waals surface area contributed by atoms with Crippen molar-refractivity contribution in [3.63, 3.8) is 0 Å². The Bertz CT molecular complexity index is 675. The molecular formula is C15H26ClN3O4S. The lowest BCUT2D eigenvalue weighted by molar-refractivity contribution is 0.0915. The molecule has 1 aromatic rings. The summed E-state index contributed by atoms with van der Waals surface area (Å²) in [4.78, 5) is 12.2. The number of methoxy groups -OCH3 is 1. The molecule has 0 saturated carbocycles. The topological polar surface area (TPSA) is 111 Å². The molecule has 1 amide bonds. The average Bonchev–Trinajstić information content (AvgIpc) is 2.44. The van der Waals surface area contributed by atoms with Crippen LogP contribution >= 0.6 is 12.4 Å². The van der Waals surface area contributed by atoms with Crippen LogP contribution in [0.2, 0.25) is 0 Å². The summed E-state index contributed by atoms with van der Waals surface area (Å²) in [6.45, 7) is 7.25. The molecule has 7 nitrogen and oxygen atoms in total. The van der Waals surface area contributed by atoms with Gasteiger partial charge in [0.15, 0.2) is 0 Å². The van der Waals surface area contributed by atoms with Crippen molar-refractivity contribution in [2.24, 2.45) is 5.73 Å². The average molecular weight is 380 g/mol. The van der Waals surface area contributed by atoms with Gasteiger partial charge in [-0.1, -0.05) is 0 Å². The van der Waals surface area contributed by atoms with Crippen molar-refractivity contribution in [3.8, 4) is 5.75 Å². The van der Waals surface area contributed by atoms with Gasteiger partial charge < -0.3 is 15.8 Å². The highest BCUT2D eigenvalue weighted by Crippen LogP contribution is 2.25. The van der Waals surface area contributed by atoms with E-state index < -0.39 is 21.5 Å². The number of nitrogens with two attached hydrogens (primary N) is 1. The van der Waals surface area contributed by atoms with Crippen molar-refractivity contribution < 1.29 is 17.9 Å². The van der Waals surface area contributed by atoms with E-state index in [1.54, 1.807) is 27.7 Å². The van der Waals surface area contributed by atoms with E-state index in [1.807, 2.05) is 0 Å². The third kappa shape index (κ3) is 5.94. The highest BCUT2D eigenvalue weighted by molar-refractivity contribution is 7.89. The van der Waals surface area contributed by atoms with Crippen LogP contribution in [0.15, 0.2) is 23.1 Å². The van der Waals surface area contributed by atoms with E-state index in [1.165, 1.54) is 25.3 Å². The lowest BCUT2D eigenvalue weighted by Crippen LogP contribution is -2.48. The van der Waals surface area contributed by atoms with Crippen LogP contribution in [0.4, 0.5) is 0 Å². The summed E-state index contributed by atoms with van der Waals surface area (Å²) < 4.78 is 32.4. The van der Waals surface area contributed by atoms with Crippen LogP contribution < -0.4 is 20.5 Å². The minimum atomic E-state index is -3.79. The summed E-state index contributed by atoms with van der Waals surface area (Å²) in [5.74, 6) is -0.225. The highest BCUT2D eigenvalue weighted by atomic mass is 35.5. The fraction of sp³-hybridized carbons (Fsp3) is 0.533. The number of carbonyl (C=O) groups excluding carboxylic acids is 1. The molecule has 24 heavy (non-hydrogen) atoms. The standard InChI is InChI=1S/C15H25N3O4S.ClH/c1-10(2)18-23(20,21)13-8-11(6-7-12(13)22-5)14(19)17-15(3,4)9-16;/h6-8,10,18H,9,16H2,1-5H3,(H,17,19);1H. The predicted octanol–water partition coefficient (Wildman–Crippen LogP) is 1.27. The summed E-state index contributed by atoms with van der Waals surface area (Å²) in [5.41, 5.74) is 5.22. The van der Waals surface area contributed by atoms with Gasteiger partial charge >= 0.3 is 0 Å². The lowest BCUT2D eigenvalue weighted by Gasteiger charge is -2.24. The van der Waals surface area contributed by atoms with E-state index in [2.05, 4.69) is 10.0 Å². The number of amides is 1. The molecule has 0 spiro atoms. The van der Waals surface area contributed by atoms with Crippen LogP contribution in [0.25, 0.3) is 0 Å². The Kier molecular flexibility index (Phi) is 8.17. The Hall–Kier alpha value is -1.35. The Morgan fingerprint density at radius 3 is 2.38 bits per heavy atom. The minimum absolute atomic E-state index is 0. The van der Waals surface area contributed by atoms with Crippen LogP contribution in [0.5, 0.6) is 5.75 Å². The summed E-state index contributed by atoms with van der Waals surface area (Å²) in [5, 5.41) is 2.76. The molecule has 1 aromatic carbocycles. The molecule has 0 heterocycles. The molecule has 0 bridgehead atoms. The first-order valence-electron chi connectivity index (χ1n) is 7.25. The van der Waals surface area contributed by atoms with Gasteiger partial charge in [-0.3, -0.25) is 4.79 Å². The van der Waals surface area contributed by atoms with Gasteiger partial charge in [-0.15, -0.1) is 12.4 Å². The van der Waals surface area contributed by atoms with Crippen LogP contribution in [0.3, 0.4) is 0 Å². The Labute approximate surface area is 149 Å². The minimum Gasteiger partial charge on any atom is -0.495 e. The van der Waals surface area contributed by atoms with Gasteiger partial charge in [-0.25, -0.2) is 13.1 Å². The van der Waals surface area contributed by atoms with Gasteiger partial charge in [0.2, 0.25) is 10.0 Å². The van der Waals surface area contributed by atoms with Gasteiger partial charge in [-0.05, 0) is 45.9 Å². The smallest absolute Gasteiger partial charge is 0.251 e. The van der Waals surface area contributed by atoms with Gasteiger partial charge in [-0.2, -0.15) is 0 Å². The molecule has 0 unspecified atom stereocenters. The van der Waals surface area contributed by atoms with Crippen LogP contribution in [-0.4, -0.2) is 39.6 Å². The number of nitrogens with one attached hydrogen (secondary N) is 2. The molecule has 4 N–H and O–H groups in total. The second kappa shape index (κ2) is 8.66. The Morgan fingerprint density at radius 2 is 1.92 bits per heavy atom. The van der Waals surface area contributed by atoms with E-state index in [0.717, 1.165) is 0 Å². The zero-order valence-corrected chi connectivity index (χ0v) is 16.2. The third-order valence-electron chi connectivity index (χ3n) is 3.07. The van der Waals surface area contributed by atoms with Gasteiger partial charge in [0.1, 0.15) is 10.6 Å². The molecular weight excluding hydrogens is 354 g/mol. The number of rotatable bonds is 7. The zero-order chi connectivity index (χ0) is 17.8. The van der Waals surface area contributed by atoms with Gasteiger partial charge in [0.05, 0.1) is 7.11 Å². The Morgan fingerprint density at radius 1 is 1.33 bits per heavy atom. The van der Waals surface area contributed by atoms with E-state index >= 15 is 0 Å². The molecule has 0 aliphatic carbocycles. The van der Waals surface area contributed by atoms with Crippen molar-refractivity contribution in [1.29, 1.82) is 0 Å². The second-order valence-electron chi connectivity index (χ2n) is 6.18. The van der Waals surface area contributed by atoms with Crippen molar-refractivity contribution >= 4 is 28.3 Å². The maximum Gasteiger partial charge on any atom is 0.251 e. The van der Waals surface area contributed by atoms with Crippen LogP contribution in [0, 0.1) is 0 Å².